The van der Waals surface area contributed by atoms with Gasteiger partial charge < -0.3 is 14.7 Å². The van der Waals surface area contributed by atoms with E-state index in [4.69, 9.17) is 4.74 Å². The van der Waals surface area contributed by atoms with Gasteiger partial charge in [0.25, 0.3) is 0 Å². The summed E-state index contributed by atoms with van der Waals surface area (Å²) in [6.45, 7) is 2.64. The van der Waals surface area contributed by atoms with E-state index in [1.165, 1.54) is 5.56 Å². The van der Waals surface area contributed by atoms with E-state index in [1.54, 1.807) is 0 Å². The number of ether oxygens (including phenoxy) is 1. The molecule has 0 bridgehead atoms. The molecule has 3 heteroatoms. The highest BCUT2D eigenvalue weighted by atomic mass is 16.5. The first-order chi connectivity index (χ1) is 8.19. The van der Waals surface area contributed by atoms with Crippen LogP contribution in [0.5, 0.6) is 5.75 Å². The Kier molecular flexibility index (Phi) is 2.60. The van der Waals surface area contributed by atoms with Crippen LogP contribution in [-0.4, -0.2) is 36.8 Å². The number of nitrogens with zero attached hydrogens (tertiary/aromatic N) is 1. The van der Waals surface area contributed by atoms with Crippen molar-refractivity contribution in [2.45, 2.75) is 24.9 Å². The topological polar surface area (TPSA) is 32.7 Å². The van der Waals surface area contributed by atoms with Gasteiger partial charge in [-0.15, -0.1) is 0 Å². The fourth-order valence-electron chi connectivity index (χ4n) is 2.84. The van der Waals surface area contributed by atoms with Crippen molar-refractivity contribution in [3.05, 3.63) is 29.3 Å². The number of hydrogen-bond acceptors (Lipinski definition) is 3. The number of likely N-dealkylation sites (tertiary alicyclic amines) is 1. The van der Waals surface area contributed by atoms with Crippen LogP contribution in [0.3, 0.4) is 0 Å². The third-order valence-electron chi connectivity index (χ3n) is 4.03. The highest BCUT2D eigenvalue weighted by Gasteiger charge is 2.36. The molecule has 2 aliphatic rings. The van der Waals surface area contributed by atoms with Crippen molar-refractivity contribution < 1.29 is 9.84 Å². The molecule has 0 radical (unpaired) electrons. The monoisotopic (exact) mass is 233 g/mol. The van der Waals surface area contributed by atoms with E-state index in [2.05, 4.69) is 18.0 Å². The predicted molar refractivity (Wildman–Crippen MR) is 66.3 cm³/mol. The molecule has 1 fully saturated rings. The quantitative estimate of drug-likeness (QED) is 0.798. The van der Waals surface area contributed by atoms with Crippen molar-refractivity contribution >= 4 is 0 Å². The van der Waals surface area contributed by atoms with Crippen molar-refractivity contribution in [2.75, 3.05) is 26.7 Å². The maximum absolute atomic E-state index is 10.8. The van der Waals surface area contributed by atoms with Crippen molar-refractivity contribution in [1.29, 1.82) is 0 Å². The molecular formula is C14H19NO2. The van der Waals surface area contributed by atoms with Crippen LogP contribution in [0.1, 0.15) is 24.0 Å². The zero-order chi connectivity index (χ0) is 11.9. The van der Waals surface area contributed by atoms with E-state index in [9.17, 15) is 5.11 Å². The van der Waals surface area contributed by atoms with E-state index in [0.29, 0.717) is 0 Å². The molecule has 0 unspecified atom stereocenters. The van der Waals surface area contributed by atoms with Gasteiger partial charge in [-0.05, 0) is 25.5 Å². The Bertz CT molecular complexity index is 422. The number of hydrogen-bond donors (Lipinski definition) is 1. The van der Waals surface area contributed by atoms with Crippen LogP contribution in [-0.2, 0) is 12.0 Å². The average molecular weight is 233 g/mol. The molecule has 0 atom stereocenters. The van der Waals surface area contributed by atoms with Crippen molar-refractivity contribution in [3.8, 4) is 5.75 Å². The zero-order valence-corrected chi connectivity index (χ0v) is 10.3. The number of aliphatic hydroxyl groups is 1. The Balaban J connectivity index is 1.96. The van der Waals surface area contributed by atoms with E-state index in [-0.39, 0.29) is 0 Å². The second-order valence-corrected chi connectivity index (χ2v) is 5.23. The Labute approximate surface area is 102 Å². The van der Waals surface area contributed by atoms with Gasteiger partial charge in [0.2, 0.25) is 0 Å². The molecule has 1 N–H and O–H groups in total. The Morgan fingerprint density at radius 3 is 2.82 bits per heavy atom. The second-order valence-electron chi connectivity index (χ2n) is 5.23. The first kappa shape index (κ1) is 11.1. The molecule has 0 saturated carbocycles. The summed E-state index contributed by atoms with van der Waals surface area (Å²) in [7, 11) is 2.10. The molecule has 1 aromatic rings. The summed E-state index contributed by atoms with van der Waals surface area (Å²) in [5, 5.41) is 10.8. The average Bonchev–Trinajstić information content (AvgIpc) is 2.81. The maximum Gasteiger partial charge on any atom is 0.128 e. The van der Waals surface area contributed by atoms with Crippen LogP contribution >= 0.6 is 0 Å². The standard InChI is InChI=1S/C14H19NO2/c1-15-8-6-14(16,7-9-15)12-4-2-3-11-5-10-17-13(11)12/h2-4,16H,5-10H2,1H3. The molecule has 1 aromatic carbocycles. The van der Waals surface area contributed by atoms with Gasteiger partial charge in [-0.2, -0.15) is 0 Å². The molecule has 0 amide bonds. The first-order valence-electron chi connectivity index (χ1n) is 6.35. The van der Waals surface area contributed by atoms with Crippen LogP contribution in [0.4, 0.5) is 0 Å². The Morgan fingerprint density at radius 1 is 1.29 bits per heavy atom. The summed E-state index contributed by atoms with van der Waals surface area (Å²) in [5.74, 6) is 0.944. The molecule has 0 spiro atoms. The van der Waals surface area contributed by atoms with Gasteiger partial charge in [-0.3, -0.25) is 0 Å². The summed E-state index contributed by atoms with van der Waals surface area (Å²) >= 11 is 0. The van der Waals surface area contributed by atoms with Crippen molar-refractivity contribution in [1.82, 2.24) is 4.90 Å². The van der Waals surface area contributed by atoms with Crippen LogP contribution in [0, 0.1) is 0 Å². The number of benzene rings is 1. The fourth-order valence-corrected chi connectivity index (χ4v) is 2.84. The SMILES string of the molecule is CN1CCC(O)(c2cccc3c2OCC3)CC1. The van der Waals surface area contributed by atoms with Gasteiger partial charge in [-0.1, -0.05) is 18.2 Å². The molecule has 2 heterocycles. The third-order valence-corrected chi connectivity index (χ3v) is 4.03. The van der Waals surface area contributed by atoms with Crippen molar-refractivity contribution in [3.63, 3.8) is 0 Å². The zero-order valence-electron chi connectivity index (χ0n) is 10.3. The largest absolute Gasteiger partial charge is 0.493 e. The van der Waals surface area contributed by atoms with Gasteiger partial charge in [0.1, 0.15) is 5.75 Å². The Hall–Kier alpha value is -1.06. The highest BCUT2D eigenvalue weighted by molar-refractivity contribution is 5.47. The third kappa shape index (κ3) is 1.83. The lowest BCUT2D eigenvalue weighted by Crippen LogP contribution is -2.40. The summed E-state index contributed by atoms with van der Waals surface area (Å²) in [4.78, 5) is 2.26. The minimum Gasteiger partial charge on any atom is -0.493 e. The number of rotatable bonds is 1. The molecule has 2 aliphatic heterocycles. The van der Waals surface area contributed by atoms with E-state index in [1.807, 2.05) is 12.1 Å². The van der Waals surface area contributed by atoms with Crippen molar-refractivity contribution in [2.24, 2.45) is 0 Å². The molecule has 92 valence electrons. The van der Waals surface area contributed by atoms with E-state index >= 15 is 0 Å². The van der Waals surface area contributed by atoms with Crippen LogP contribution in [0.2, 0.25) is 0 Å². The minimum atomic E-state index is -0.692. The lowest BCUT2D eigenvalue weighted by molar-refractivity contribution is -0.0219. The van der Waals surface area contributed by atoms with Crippen LogP contribution < -0.4 is 4.74 Å². The molecule has 17 heavy (non-hydrogen) atoms. The van der Waals surface area contributed by atoms with Gasteiger partial charge in [0, 0.05) is 25.1 Å². The number of piperidine rings is 1. The fraction of sp³-hybridized carbons (Fsp3) is 0.571. The van der Waals surface area contributed by atoms with Crippen LogP contribution in [0.15, 0.2) is 18.2 Å². The molecule has 3 nitrogen and oxygen atoms in total. The predicted octanol–water partition coefficient (Wildman–Crippen LogP) is 1.53. The normalized spacial score (nSPS) is 23.2. The van der Waals surface area contributed by atoms with Gasteiger partial charge >= 0.3 is 0 Å². The van der Waals surface area contributed by atoms with E-state index in [0.717, 1.165) is 50.3 Å². The van der Waals surface area contributed by atoms with E-state index < -0.39 is 5.60 Å². The molecule has 0 aromatic heterocycles. The summed E-state index contributed by atoms with van der Waals surface area (Å²) in [6, 6.07) is 6.17. The highest BCUT2D eigenvalue weighted by Crippen LogP contribution is 2.41. The lowest BCUT2D eigenvalue weighted by atomic mass is 9.83. The lowest BCUT2D eigenvalue weighted by Gasteiger charge is -2.37. The second kappa shape index (κ2) is 4.00. The van der Waals surface area contributed by atoms with Gasteiger partial charge in [0.05, 0.1) is 12.2 Å². The smallest absolute Gasteiger partial charge is 0.128 e. The first-order valence-corrected chi connectivity index (χ1v) is 6.35. The number of para-hydroxylation sites is 1. The maximum atomic E-state index is 10.8. The molecule has 1 saturated heterocycles. The molecule has 3 rings (SSSR count). The molecule has 0 aliphatic carbocycles. The molecular weight excluding hydrogens is 214 g/mol. The minimum absolute atomic E-state index is 0.692. The Morgan fingerprint density at radius 2 is 2.06 bits per heavy atom. The number of fused-ring (bicyclic) bond motifs is 1. The van der Waals surface area contributed by atoms with Gasteiger partial charge in [0.15, 0.2) is 0 Å². The summed E-state index contributed by atoms with van der Waals surface area (Å²) < 4.78 is 5.70. The van der Waals surface area contributed by atoms with Gasteiger partial charge in [-0.25, -0.2) is 0 Å². The van der Waals surface area contributed by atoms with Crippen LogP contribution in [0.25, 0.3) is 0 Å². The summed E-state index contributed by atoms with van der Waals surface area (Å²) in [5.41, 5.74) is 1.55. The summed E-state index contributed by atoms with van der Waals surface area (Å²) in [6.07, 6.45) is 2.56.